The van der Waals surface area contributed by atoms with Gasteiger partial charge in [0.25, 0.3) is 10.0 Å². The van der Waals surface area contributed by atoms with Crippen LogP contribution < -0.4 is 10.5 Å². The monoisotopic (exact) mass is 324 g/mol. The maximum atomic E-state index is 12.2. The largest absolute Gasteiger partial charge is 0.366 e. The van der Waals surface area contributed by atoms with Gasteiger partial charge in [0.1, 0.15) is 0 Å². The standard InChI is InChI=1S/C14H13ClN2O3S/c1-9-2-7-13(12(15)8-9)17-21(19,20)11-5-3-10(4-6-11)14(16)18/h2-8,17H,1H3,(H2,16,18). The number of nitrogens with one attached hydrogen (secondary N) is 1. The highest BCUT2D eigenvalue weighted by molar-refractivity contribution is 7.92. The van der Waals surface area contributed by atoms with E-state index in [9.17, 15) is 13.2 Å². The Kier molecular flexibility index (Phi) is 4.20. The number of anilines is 1. The quantitative estimate of drug-likeness (QED) is 0.905. The van der Waals surface area contributed by atoms with Gasteiger partial charge in [-0.1, -0.05) is 17.7 Å². The molecule has 7 heteroatoms. The summed E-state index contributed by atoms with van der Waals surface area (Å²) >= 11 is 6.00. The van der Waals surface area contributed by atoms with Gasteiger partial charge in [-0.05, 0) is 48.9 Å². The van der Waals surface area contributed by atoms with Gasteiger partial charge in [0.05, 0.1) is 15.6 Å². The molecular formula is C14H13ClN2O3S. The van der Waals surface area contributed by atoms with Gasteiger partial charge >= 0.3 is 0 Å². The molecule has 21 heavy (non-hydrogen) atoms. The average Bonchev–Trinajstić information content (AvgIpc) is 2.42. The van der Waals surface area contributed by atoms with Crippen LogP contribution in [0.15, 0.2) is 47.4 Å². The zero-order chi connectivity index (χ0) is 15.6. The lowest BCUT2D eigenvalue weighted by Gasteiger charge is -2.10. The molecule has 0 unspecified atom stereocenters. The van der Waals surface area contributed by atoms with Gasteiger partial charge < -0.3 is 5.73 Å². The molecule has 0 aromatic heterocycles. The first-order valence-corrected chi connectivity index (χ1v) is 7.84. The minimum absolute atomic E-state index is 0.0177. The Morgan fingerprint density at radius 1 is 1.14 bits per heavy atom. The summed E-state index contributed by atoms with van der Waals surface area (Å²) < 4.78 is 26.9. The Morgan fingerprint density at radius 2 is 1.76 bits per heavy atom. The van der Waals surface area contributed by atoms with Gasteiger partial charge in [-0.3, -0.25) is 9.52 Å². The number of carbonyl (C=O) groups is 1. The van der Waals surface area contributed by atoms with Crippen molar-refractivity contribution in [3.8, 4) is 0 Å². The Hall–Kier alpha value is -2.05. The topological polar surface area (TPSA) is 89.3 Å². The molecule has 0 bridgehead atoms. The Bertz CT molecular complexity index is 786. The fourth-order valence-electron chi connectivity index (χ4n) is 1.70. The van der Waals surface area contributed by atoms with E-state index in [0.717, 1.165) is 5.56 Å². The molecule has 0 saturated carbocycles. The second-order valence-corrected chi connectivity index (χ2v) is 6.57. The number of primary amides is 1. The highest BCUT2D eigenvalue weighted by Crippen LogP contribution is 2.25. The number of carbonyl (C=O) groups excluding carboxylic acids is 1. The first-order chi connectivity index (χ1) is 9.79. The summed E-state index contributed by atoms with van der Waals surface area (Å²) in [5.74, 6) is -0.617. The van der Waals surface area contributed by atoms with E-state index in [4.69, 9.17) is 17.3 Å². The number of hydrogen-bond acceptors (Lipinski definition) is 3. The van der Waals surface area contributed by atoms with Crippen LogP contribution in [0, 0.1) is 6.92 Å². The number of benzene rings is 2. The fourth-order valence-corrected chi connectivity index (χ4v) is 3.12. The number of rotatable bonds is 4. The summed E-state index contributed by atoms with van der Waals surface area (Å²) in [4.78, 5) is 11.0. The van der Waals surface area contributed by atoms with Gasteiger partial charge in [0, 0.05) is 5.56 Å². The molecule has 1 amide bonds. The van der Waals surface area contributed by atoms with Crippen molar-refractivity contribution >= 4 is 33.2 Å². The zero-order valence-electron chi connectivity index (χ0n) is 11.1. The molecule has 2 rings (SSSR count). The fraction of sp³-hybridized carbons (Fsp3) is 0.0714. The van der Waals surface area contributed by atoms with Gasteiger partial charge in [-0.15, -0.1) is 0 Å². The summed E-state index contributed by atoms with van der Waals surface area (Å²) in [5, 5.41) is 0.312. The summed E-state index contributed by atoms with van der Waals surface area (Å²) in [5.41, 5.74) is 6.56. The highest BCUT2D eigenvalue weighted by atomic mass is 35.5. The summed E-state index contributed by atoms with van der Waals surface area (Å²) in [6.07, 6.45) is 0. The summed E-state index contributed by atoms with van der Waals surface area (Å²) in [7, 11) is -3.78. The van der Waals surface area contributed by atoms with E-state index >= 15 is 0 Å². The average molecular weight is 325 g/mol. The van der Waals surface area contributed by atoms with Crippen LogP contribution in [0.25, 0.3) is 0 Å². The van der Waals surface area contributed by atoms with Crippen LogP contribution in [0.5, 0.6) is 0 Å². The van der Waals surface area contributed by atoms with E-state index < -0.39 is 15.9 Å². The number of halogens is 1. The molecule has 0 aliphatic heterocycles. The molecule has 0 heterocycles. The molecule has 0 fully saturated rings. The molecule has 0 saturated heterocycles. The second kappa shape index (κ2) is 5.75. The van der Waals surface area contributed by atoms with Gasteiger partial charge in [0.2, 0.25) is 5.91 Å². The molecule has 5 nitrogen and oxygen atoms in total. The smallest absolute Gasteiger partial charge is 0.261 e. The highest BCUT2D eigenvalue weighted by Gasteiger charge is 2.16. The van der Waals surface area contributed by atoms with Crippen LogP contribution in [0.2, 0.25) is 5.02 Å². The Labute approximate surface area is 127 Å². The third-order valence-electron chi connectivity index (χ3n) is 2.82. The minimum atomic E-state index is -3.78. The first-order valence-electron chi connectivity index (χ1n) is 5.98. The minimum Gasteiger partial charge on any atom is -0.366 e. The molecule has 0 aliphatic carbocycles. The van der Waals surface area contributed by atoms with Crippen molar-refractivity contribution in [2.75, 3.05) is 4.72 Å². The molecule has 110 valence electrons. The van der Waals surface area contributed by atoms with E-state index in [2.05, 4.69) is 4.72 Å². The maximum absolute atomic E-state index is 12.2. The second-order valence-electron chi connectivity index (χ2n) is 4.48. The SMILES string of the molecule is Cc1ccc(NS(=O)(=O)c2ccc(C(N)=O)cc2)c(Cl)c1. The number of amides is 1. The lowest BCUT2D eigenvalue weighted by molar-refractivity contribution is 0.1000. The normalized spacial score (nSPS) is 11.1. The Balaban J connectivity index is 2.31. The number of hydrogen-bond donors (Lipinski definition) is 2. The van der Waals surface area contributed by atoms with Crippen molar-refractivity contribution < 1.29 is 13.2 Å². The van der Waals surface area contributed by atoms with E-state index in [1.54, 1.807) is 18.2 Å². The van der Waals surface area contributed by atoms with Crippen molar-refractivity contribution in [3.05, 3.63) is 58.6 Å². The van der Waals surface area contributed by atoms with Crippen LogP contribution in [0.3, 0.4) is 0 Å². The number of aryl methyl sites for hydroxylation is 1. The van der Waals surface area contributed by atoms with Crippen molar-refractivity contribution in [1.29, 1.82) is 0 Å². The van der Waals surface area contributed by atoms with Crippen LogP contribution in [0.4, 0.5) is 5.69 Å². The van der Waals surface area contributed by atoms with Gasteiger partial charge in [-0.25, -0.2) is 8.42 Å². The van der Waals surface area contributed by atoms with E-state index in [1.807, 2.05) is 6.92 Å². The summed E-state index contributed by atoms with van der Waals surface area (Å²) in [6, 6.07) is 10.3. The molecule has 0 spiro atoms. The van der Waals surface area contributed by atoms with Crippen LogP contribution >= 0.6 is 11.6 Å². The van der Waals surface area contributed by atoms with Crippen molar-refractivity contribution in [1.82, 2.24) is 0 Å². The van der Waals surface area contributed by atoms with Crippen LogP contribution in [-0.4, -0.2) is 14.3 Å². The molecule has 0 atom stereocenters. The van der Waals surface area contributed by atoms with Crippen molar-refractivity contribution in [2.45, 2.75) is 11.8 Å². The zero-order valence-corrected chi connectivity index (χ0v) is 12.7. The van der Waals surface area contributed by atoms with E-state index in [-0.39, 0.29) is 10.5 Å². The predicted octanol–water partition coefficient (Wildman–Crippen LogP) is 2.55. The van der Waals surface area contributed by atoms with Crippen molar-refractivity contribution in [2.24, 2.45) is 5.73 Å². The third-order valence-corrected chi connectivity index (χ3v) is 4.51. The predicted molar refractivity (Wildman–Crippen MR) is 82.0 cm³/mol. The lowest BCUT2D eigenvalue weighted by Crippen LogP contribution is -2.14. The van der Waals surface area contributed by atoms with Gasteiger partial charge in [-0.2, -0.15) is 0 Å². The van der Waals surface area contributed by atoms with Crippen LogP contribution in [-0.2, 0) is 10.0 Å². The maximum Gasteiger partial charge on any atom is 0.261 e. The summed E-state index contributed by atoms with van der Waals surface area (Å²) in [6.45, 7) is 1.85. The molecule has 0 radical (unpaired) electrons. The van der Waals surface area contributed by atoms with Crippen LogP contribution in [0.1, 0.15) is 15.9 Å². The lowest BCUT2D eigenvalue weighted by atomic mass is 10.2. The third kappa shape index (κ3) is 3.53. The number of sulfonamides is 1. The Morgan fingerprint density at radius 3 is 2.29 bits per heavy atom. The van der Waals surface area contributed by atoms with E-state index in [0.29, 0.717) is 10.7 Å². The molecule has 3 N–H and O–H groups in total. The first kappa shape index (κ1) is 15.3. The molecular weight excluding hydrogens is 312 g/mol. The molecule has 0 aliphatic rings. The number of nitrogens with two attached hydrogens (primary N) is 1. The van der Waals surface area contributed by atoms with Crippen molar-refractivity contribution in [3.63, 3.8) is 0 Å². The molecule has 2 aromatic carbocycles. The van der Waals surface area contributed by atoms with E-state index in [1.165, 1.54) is 24.3 Å². The molecule has 2 aromatic rings. The van der Waals surface area contributed by atoms with Gasteiger partial charge in [0.15, 0.2) is 0 Å².